The number of halogens is 2. The zero-order chi connectivity index (χ0) is 26.6. The number of nitrogens with zero attached hydrogens (tertiary/aromatic N) is 2. The number of rotatable bonds is 8. The molecule has 4 rings (SSSR count). The molecule has 2 unspecified atom stereocenters. The van der Waals surface area contributed by atoms with Crippen LogP contribution in [0.1, 0.15) is 43.6 Å². The fourth-order valence-corrected chi connectivity index (χ4v) is 7.34. The van der Waals surface area contributed by atoms with Gasteiger partial charge in [-0.2, -0.15) is 4.31 Å². The van der Waals surface area contributed by atoms with E-state index < -0.39 is 28.0 Å². The molecule has 200 valence electrons. The van der Waals surface area contributed by atoms with Crippen LogP contribution in [0.15, 0.2) is 53.4 Å². The SMILES string of the molecule is NCCNC(=O)C1N(C(=O)C(c2ccccc2)C2CCCC2)CCCN1S(=O)(=O)c1ccc(Cl)c(Cl)c1. The first-order valence-electron chi connectivity index (χ1n) is 12.6. The molecule has 2 amide bonds. The Balaban J connectivity index is 1.75. The largest absolute Gasteiger partial charge is 0.352 e. The van der Waals surface area contributed by atoms with Gasteiger partial charge in [0, 0.05) is 26.2 Å². The lowest BCUT2D eigenvalue weighted by atomic mass is 9.83. The molecule has 2 fully saturated rings. The van der Waals surface area contributed by atoms with Crippen LogP contribution in [-0.4, -0.2) is 61.8 Å². The van der Waals surface area contributed by atoms with Crippen molar-refractivity contribution in [1.82, 2.24) is 14.5 Å². The van der Waals surface area contributed by atoms with Crippen molar-refractivity contribution in [2.45, 2.75) is 49.1 Å². The van der Waals surface area contributed by atoms with E-state index in [1.165, 1.54) is 23.1 Å². The Morgan fingerprint density at radius 3 is 2.35 bits per heavy atom. The highest BCUT2D eigenvalue weighted by Crippen LogP contribution is 2.40. The number of nitrogens with one attached hydrogen (secondary N) is 1. The van der Waals surface area contributed by atoms with E-state index in [0.29, 0.717) is 6.42 Å². The van der Waals surface area contributed by atoms with Crippen LogP contribution in [0.2, 0.25) is 10.0 Å². The summed E-state index contributed by atoms with van der Waals surface area (Å²) < 4.78 is 28.7. The molecule has 1 saturated heterocycles. The minimum absolute atomic E-state index is 0.0759. The molecule has 1 aliphatic carbocycles. The molecule has 0 aromatic heterocycles. The number of hydrogen-bond acceptors (Lipinski definition) is 5. The van der Waals surface area contributed by atoms with Gasteiger partial charge in [-0.3, -0.25) is 9.59 Å². The number of carbonyl (C=O) groups excluding carboxylic acids is 2. The van der Waals surface area contributed by atoms with Gasteiger partial charge in [-0.1, -0.05) is 66.4 Å². The van der Waals surface area contributed by atoms with E-state index in [0.717, 1.165) is 35.6 Å². The number of carbonyl (C=O) groups is 2. The first-order chi connectivity index (χ1) is 17.8. The van der Waals surface area contributed by atoms with Crippen molar-refractivity contribution in [3.05, 3.63) is 64.1 Å². The van der Waals surface area contributed by atoms with Crippen molar-refractivity contribution in [2.75, 3.05) is 26.2 Å². The normalized spacial score (nSPS) is 20.1. The van der Waals surface area contributed by atoms with Crippen molar-refractivity contribution < 1.29 is 18.0 Å². The van der Waals surface area contributed by atoms with Crippen LogP contribution >= 0.6 is 23.2 Å². The molecule has 2 aromatic rings. The summed E-state index contributed by atoms with van der Waals surface area (Å²) in [4.78, 5) is 29.0. The predicted molar refractivity (Wildman–Crippen MR) is 144 cm³/mol. The molecule has 0 radical (unpaired) electrons. The Morgan fingerprint density at radius 1 is 1.00 bits per heavy atom. The van der Waals surface area contributed by atoms with Crippen molar-refractivity contribution in [2.24, 2.45) is 11.7 Å². The molecular formula is C26H32Cl2N4O4S. The molecule has 1 aliphatic heterocycles. The molecule has 2 aliphatic rings. The minimum atomic E-state index is -4.19. The fourth-order valence-electron chi connectivity index (χ4n) is 5.36. The quantitative estimate of drug-likeness (QED) is 0.507. The Morgan fingerprint density at radius 2 is 1.70 bits per heavy atom. The molecule has 2 atom stereocenters. The van der Waals surface area contributed by atoms with Crippen LogP contribution in [0.3, 0.4) is 0 Å². The number of amides is 2. The third kappa shape index (κ3) is 5.96. The third-order valence-electron chi connectivity index (χ3n) is 7.10. The van der Waals surface area contributed by atoms with E-state index in [-0.39, 0.29) is 52.9 Å². The van der Waals surface area contributed by atoms with Crippen molar-refractivity contribution in [3.63, 3.8) is 0 Å². The molecule has 0 bridgehead atoms. The summed E-state index contributed by atoms with van der Waals surface area (Å²) >= 11 is 12.1. The number of nitrogens with two attached hydrogens (primary N) is 1. The summed E-state index contributed by atoms with van der Waals surface area (Å²) in [7, 11) is -4.19. The zero-order valence-electron chi connectivity index (χ0n) is 20.5. The van der Waals surface area contributed by atoms with Crippen molar-refractivity contribution in [1.29, 1.82) is 0 Å². The standard InChI is InChI=1S/C26H32Cl2N4O4S/c27-21-12-11-20(17-22(21)28)37(35,36)32-16-6-15-31(25(32)24(33)30-14-13-29)26(34)23(19-9-4-5-10-19)18-7-2-1-3-8-18/h1-3,7-8,11-12,17,19,23,25H,4-6,9-10,13-16,29H2,(H,30,33). The summed E-state index contributed by atoms with van der Waals surface area (Å²) in [6.45, 7) is 0.679. The smallest absolute Gasteiger partial charge is 0.259 e. The first-order valence-corrected chi connectivity index (χ1v) is 14.8. The van der Waals surface area contributed by atoms with Crippen LogP contribution in [0, 0.1) is 5.92 Å². The van der Waals surface area contributed by atoms with Crippen LogP contribution < -0.4 is 11.1 Å². The highest BCUT2D eigenvalue weighted by molar-refractivity contribution is 7.89. The van der Waals surface area contributed by atoms with Crippen molar-refractivity contribution >= 4 is 45.0 Å². The lowest BCUT2D eigenvalue weighted by Crippen LogP contribution is -2.64. The van der Waals surface area contributed by atoms with Crippen LogP contribution in [0.5, 0.6) is 0 Å². The zero-order valence-corrected chi connectivity index (χ0v) is 22.8. The summed E-state index contributed by atoms with van der Waals surface area (Å²) in [6.07, 6.45) is 2.95. The van der Waals surface area contributed by atoms with E-state index in [9.17, 15) is 18.0 Å². The minimum Gasteiger partial charge on any atom is -0.352 e. The molecule has 37 heavy (non-hydrogen) atoms. The number of benzene rings is 2. The molecule has 1 saturated carbocycles. The lowest BCUT2D eigenvalue weighted by molar-refractivity contribution is -0.149. The van der Waals surface area contributed by atoms with Gasteiger partial charge in [-0.05, 0) is 48.9 Å². The van der Waals surface area contributed by atoms with Crippen LogP contribution in [0.4, 0.5) is 0 Å². The summed E-state index contributed by atoms with van der Waals surface area (Å²) in [5, 5.41) is 3.00. The van der Waals surface area contributed by atoms with Gasteiger partial charge in [0.05, 0.1) is 20.9 Å². The Labute approximate surface area is 228 Å². The third-order valence-corrected chi connectivity index (χ3v) is 9.69. The van der Waals surface area contributed by atoms with Crippen LogP contribution in [0.25, 0.3) is 0 Å². The summed E-state index contributed by atoms with van der Waals surface area (Å²) in [5.41, 5.74) is 6.48. The van der Waals surface area contributed by atoms with E-state index in [4.69, 9.17) is 28.9 Å². The highest BCUT2D eigenvalue weighted by atomic mass is 35.5. The van der Waals surface area contributed by atoms with Gasteiger partial charge in [0.15, 0.2) is 6.17 Å². The predicted octanol–water partition coefficient (Wildman–Crippen LogP) is 3.59. The molecule has 8 nitrogen and oxygen atoms in total. The summed E-state index contributed by atoms with van der Waals surface area (Å²) in [5.74, 6) is -1.15. The van der Waals surface area contributed by atoms with E-state index in [1.54, 1.807) is 0 Å². The van der Waals surface area contributed by atoms with Crippen LogP contribution in [-0.2, 0) is 19.6 Å². The average molecular weight is 568 g/mol. The fraction of sp³-hybridized carbons (Fsp3) is 0.462. The maximum absolute atomic E-state index is 14.2. The van der Waals surface area contributed by atoms with E-state index in [1.807, 2.05) is 30.3 Å². The topological polar surface area (TPSA) is 113 Å². The van der Waals surface area contributed by atoms with Gasteiger partial charge < -0.3 is 16.0 Å². The molecule has 2 aromatic carbocycles. The lowest BCUT2D eigenvalue weighted by Gasteiger charge is -2.43. The van der Waals surface area contributed by atoms with Gasteiger partial charge in [-0.15, -0.1) is 0 Å². The molecular weight excluding hydrogens is 535 g/mol. The van der Waals surface area contributed by atoms with Gasteiger partial charge in [0.2, 0.25) is 15.9 Å². The molecule has 3 N–H and O–H groups in total. The Bertz CT molecular complexity index is 1220. The second kappa shape index (κ2) is 12.1. The Kier molecular flexibility index (Phi) is 9.13. The first kappa shape index (κ1) is 27.9. The van der Waals surface area contributed by atoms with Gasteiger partial charge in [0.25, 0.3) is 5.91 Å². The average Bonchev–Trinajstić information content (AvgIpc) is 3.43. The second-order valence-electron chi connectivity index (χ2n) is 9.46. The van der Waals surface area contributed by atoms with Gasteiger partial charge >= 0.3 is 0 Å². The van der Waals surface area contributed by atoms with Gasteiger partial charge in [-0.25, -0.2) is 8.42 Å². The monoisotopic (exact) mass is 566 g/mol. The molecule has 1 heterocycles. The highest BCUT2D eigenvalue weighted by Gasteiger charge is 2.46. The van der Waals surface area contributed by atoms with Gasteiger partial charge in [0.1, 0.15) is 0 Å². The maximum Gasteiger partial charge on any atom is 0.259 e. The van der Waals surface area contributed by atoms with Crippen molar-refractivity contribution in [3.8, 4) is 0 Å². The van der Waals surface area contributed by atoms with E-state index >= 15 is 0 Å². The van der Waals surface area contributed by atoms with E-state index in [2.05, 4.69) is 5.32 Å². The second-order valence-corrected chi connectivity index (χ2v) is 12.2. The number of hydrogen-bond donors (Lipinski definition) is 2. The molecule has 11 heteroatoms. The molecule has 0 spiro atoms. The Hall–Kier alpha value is -2.17. The summed E-state index contributed by atoms with van der Waals surface area (Å²) in [6, 6.07) is 13.6. The number of sulfonamides is 1. The maximum atomic E-state index is 14.2.